The summed E-state index contributed by atoms with van der Waals surface area (Å²) in [5, 5.41) is 0.632. The van der Waals surface area contributed by atoms with E-state index in [0.29, 0.717) is 5.39 Å². The zero-order chi connectivity index (χ0) is 18.6. The third-order valence-electron chi connectivity index (χ3n) is 5.08. The van der Waals surface area contributed by atoms with Crippen LogP contribution in [0.25, 0.3) is 16.5 Å². The van der Waals surface area contributed by atoms with E-state index in [0.717, 1.165) is 55.7 Å². The molecule has 138 valence electrons. The predicted molar refractivity (Wildman–Crippen MR) is 106 cm³/mol. The Kier molecular flexibility index (Phi) is 5.12. The van der Waals surface area contributed by atoms with Gasteiger partial charge in [0.15, 0.2) is 0 Å². The third-order valence-corrected chi connectivity index (χ3v) is 5.08. The Balaban J connectivity index is 1.33. The number of nitrogens with one attached hydrogen (secondary N) is 1. The van der Waals surface area contributed by atoms with Crippen LogP contribution >= 0.6 is 0 Å². The molecule has 0 atom stereocenters. The van der Waals surface area contributed by atoms with Gasteiger partial charge in [-0.05, 0) is 67.3 Å². The van der Waals surface area contributed by atoms with Crippen molar-refractivity contribution in [3.05, 3.63) is 82.2 Å². The SMILES string of the molecule is O=c1[nH]c(CCCN2CC=C(c3cccc(F)c3)CC2)cc2ncccc12. The standard InChI is InChI=1S/C22H22FN3O/c23-18-5-1-4-17(14-18)16-8-12-26(13-9-16)11-3-6-19-15-21-20(22(27)25-19)7-2-10-24-21/h1-2,4-5,7-8,10,14-15H,3,6,9,11-13H2,(H,25,27). The number of benzene rings is 1. The van der Waals surface area contributed by atoms with Crippen LogP contribution in [0.4, 0.5) is 4.39 Å². The zero-order valence-electron chi connectivity index (χ0n) is 15.1. The molecule has 1 aliphatic rings. The van der Waals surface area contributed by atoms with Crippen LogP contribution in [0.2, 0.25) is 0 Å². The molecule has 1 N–H and O–H groups in total. The van der Waals surface area contributed by atoms with Crippen LogP contribution in [-0.2, 0) is 6.42 Å². The Labute approximate surface area is 157 Å². The van der Waals surface area contributed by atoms with Gasteiger partial charge in [-0.1, -0.05) is 18.2 Å². The summed E-state index contributed by atoms with van der Waals surface area (Å²) in [5.74, 6) is -0.185. The summed E-state index contributed by atoms with van der Waals surface area (Å²) in [6.45, 7) is 2.81. The molecule has 3 heterocycles. The fourth-order valence-corrected chi connectivity index (χ4v) is 3.63. The normalized spacial score (nSPS) is 15.1. The number of pyridine rings is 2. The monoisotopic (exact) mass is 363 g/mol. The van der Waals surface area contributed by atoms with Gasteiger partial charge in [-0.25, -0.2) is 4.39 Å². The highest BCUT2D eigenvalue weighted by Crippen LogP contribution is 2.23. The first-order valence-electron chi connectivity index (χ1n) is 9.33. The Bertz CT molecular complexity index is 1040. The lowest BCUT2D eigenvalue weighted by Crippen LogP contribution is -2.29. The van der Waals surface area contributed by atoms with Gasteiger partial charge in [-0.2, -0.15) is 0 Å². The second-order valence-corrected chi connectivity index (χ2v) is 6.95. The van der Waals surface area contributed by atoms with Crippen LogP contribution in [0.5, 0.6) is 0 Å². The number of aryl methyl sites for hydroxylation is 1. The van der Waals surface area contributed by atoms with E-state index in [1.54, 1.807) is 30.5 Å². The van der Waals surface area contributed by atoms with E-state index in [4.69, 9.17) is 0 Å². The summed E-state index contributed by atoms with van der Waals surface area (Å²) < 4.78 is 13.4. The summed E-state index contributed by atoms with van der Waals surface area (Å²) in [6.07, 6.45) is 6.62. The Hall–Kier alpha value is -2.79. The largest absolute Gasteiger partial charge is 0.326 e. The number of fused-ring (bicyclic) bond motifs is 1. The summed E-state index contributed by atoms with van der Waals surface area (Å²) in [5.41, 5.74) is 3.80. The van der Waals surface area contributed by atoms with E-state index < -0.39 is 0 Å². The van der Waals surface area contributed by atoms with E-state index in [1.807, 2.05) is 12.1 Å². The van der Waals surface area contributed by atoms with Crippen molar-refractivity contribution < 1.29 is 4.39 Å². The summed E-state index contributed by atoms with van der Waals surface area (Å²) >= 11 is 0. The third kappa shape index (κ3) is 4.14. The van der Waals surface area contributed by atoms with E-state index in [1.165, 1.54) is 11.6 Å². The van der Waals surface area contributed by atoms with Gasteiger partial charge in [-0.3, -0.25) is 14.7 Å². The van der Waals surface area contributed by atoms with Gasteiger partial charge in [0, 0.05) is 25.0 Å². The maximum absolute atomic E-state index is 13.4. The topological polar surface area (TPSA) is 49.0 Å². The molecule has 2 aromatic heterocycles. The van der Waals surface area contributed by atoms with Gasteiger partial charge in [0.2, 0.25) is 0 Å². The quantitative estimate of drug-likeness (QED) is 0.750. The highest BCUT2D eigenvalue weighted by atomic mass is 19.1. The van der Waals surface area contributed by atoms with Crippen LogP contribution in [0.15, 0.2) is 59.5 Å². The molecule has 1 aromatic carbocycles. The van der Waals surface area contributed by atoms with Gasteiger partial charge in [-0.15, -0.1) is 0 Å². The number of hydrogen-bond donors (Lipinski definition) is 1. The predicted octanol–water partition coefficient (Wildman–Crippen LogP) is 3.78. The lowest BCUT2D eigenvalue weighted by atomic mass is 9.99. The number of H-pyrrole nitrogens is 1. The molecule has 0 unspecified atom stereocenters. The van der Waals surface area contributed by atoms with E-state index in [2.05, 4.69) is 20.9 Å². The number of aromatic amines is 1. The fraction of sp³-hybridized carbons (Fsp3) is 0.273. The highest BCUT2D eigenvalue weighted by Gasteiger charge is 2.13. The molecule has 0 aliphatic carbocycles. The molecular weight excluding hydrogens is 341 g/mol. The molecule has 0 radical (unpaired) electrons. The Morgan fingerprint density at radius 2 is 2.11 bits per heavy atom. The molecule has 1 aliphatic heterocycles. The minimum atomic E-state index is -0.185. The molecule has 4 nitrogen and oxygen atoms in total. The molecular formula is C22H22FN3O. The fourth-order valence-electron chi connectivity index (χ4n) is 3.63. The Morgan fingerprint density at radius 1 is 1.19 bits per heavy atom. The second-order valence-electron chi connectivity index (χ2n) is 6.95. The zero-order valence-corrected chi connectivity index (χ0v) is 15.1. The van der Waals surface area contributed by atoms with Crippen molar-refractivity contribution in [2.75, 3.05) is 19.6 Å². The average Bonchev–Trinajstić information content (AvgIpc) is 2.69. The van der Waals surface area contributed by atoms with Crippen molar-refractivity contribution in [1.82, 2.24) is 14.9 Å². The molecule has 0 saturated heterocycles. The highest BCUT2D eigenvalue weighted by molar-refractivity contribution is 5.77. The van der Waals surface area contributed by atoms with Gasteiger partial charge in [0.25, 0.3) is 5.56 Å². The minimum absolute atomic E-state index is 0.0729. The van der Waals surface area contributed by atoms with Crippen LogP contribution in [0, 0.1) is 5.82 Å². The van der Waals surface area contributed by atoms with Gasteiger partial charge in [0.1, 0.15) is 5.82 Å². The lowest BCUT2D eigenvalue weighted by Gasteiger charge is -2.26. The lowest BCUT2D eigenvalue weighted by molar-refractivity contribution is 0.297. The smallest absolute Gasteiger partial charge is 0.257 e. The molecule has 5 heteroatoms. The number of rotatable bonds is 5. The van der Waals surface area contributed by atoms with Gasteiger partial charge < -0.3 is 4.98 Å². The van der Waals surface area contributed by atoms with Crippen molar-refractivity contribution in [3.63, 3.8) is 0 Å². The van der Waals surface area contributed by atoms with E-state index in [-0.39, 0.29) is 11.4 Å². The molecule has 0 amide bonds. The van der Waals surface area contributed by atoms with Crippen molar-refractivity contribution in [3.8, 4) is 0 Å². The molecule has 0 bridgehead atoms. The van der Waals surface area contributed by atoms with Gasteiger partial charge in [0.05, 0.1) is 10.9 Å². The number of hydrogen-bond acceptors (Lipinski definition) is 3. The van der Waals surface area contributed by atoms with Crippen molar-refractivity contribution >= 4 is 16.5 Å². The maximum atomic E-state index is 13.4. The molecule has 3 aromatic rings. The van der Waals surface area contributed by atoms with Gasteiger partial charge >= 0.3 is 0 Å². The van der Waals surface area contributed by atoms with Crippen molar-refractivity contribution in [2.24, 2.45) is 0 Å². The van der Waals surface area contributed by atoms with E-state index in [9.17, 15) is 9.18 Å². The molecule has 27 heavy (non-hydrogen) atoms. The van der Waals surface area contributed by atoms with Crippen LogP contribution in [0.3, 0.4) is 0 Å². The maximum Gasteiger partial charge on any atom is 0.257 e. The first-order valence-corrected chi connectivity index (χ1v) is 9.33. The summed E-state index contributed by atoms with van der Waals surface area (Å²) in [6, 6.07) is 12.3. The molecule has 0 fully saturated rings. The summed E-state index contributed by atoms with van der Waals surface area (Å²) in [4.78, 5) is 21.7. The molecule has 0 saturated carbocycles. The molecule has 0 spiro atoms. The number of halogens is 1. The molecule has 4 rings (SSSR count). The first kappa shape index (κ1) is 17.6. The average molecular weight is 363 g/mol. The minimum Gasteiger partial charge on any atom is -0.326 e. The van der Waals surface area contributed by atoms with Crippen LogP contribution in [0.1, 0.15) is 24.1 Å². The Morgan fingerprint density at radius 3 is 2.93 bits per heavy atom. The summed E-state index contributed by atoms with van der Waals surface area (Å²) in [7, 11) is 0. The van der Waals surface area contributed by atoms with Crippen molar-refractivity contribution in [1.29, 1.82) is 0 Å². The van der Waals surface area contributed by atoms with E-state index >= 15 is 0 Å². The number of nitrogens with zero attached hydrogens (tertiary/aromatic N) is 2. The number of aromatic nitrogens is 2. The van der Waals surface area contributed by atoms with Crippen LogP contribution in [-0.4, -0.2) is 34.5 Å². The van der Waals surface area contributed by atoms with Crippen molar-refractivity contribution in [2.45, 2.75) is 19.3 Å². The second kappa shape index (κ2) is 7.84. The first-order chi connectivity index (χ1) is 13.2. The van der Waals surface area contributed by atoms with Crippen LogP contribution < -0.4 is 5.56 Å².